The summed E-state index contributed by atoms with van der Waals surface area (Å²) in [5.41, 5.74) is 2.17. The molecule has 0 spiro atoms. The van der Waals surface area contributed by atoms with E-state index in [-0.39, 0.29) is 11.7 Å². The van der Waals surface area contributed by atoms with Crippen LogP contribution in [0.3, 0.4) is 0 Å². The highest BCUT2D eigenvalue weighted by molar-refractivity contribution is 5.94. The molecule has 2 aromatic carbocycles. The predicted octanol–water partition coefficient (Wildman–Crippen LogP) is 3.85. The molecule has 32 heavy (non-hydrogen) atoms. The summed E-state index contributed by atoms with van der Waals surface area (Å²) < 4.78 is 19.6. The fourth-order valence-corrected chi connectivity index (χ4v) is 4.48. The molecule has 1 amide bonds. The summed E-state index contributed by atoms with van der Waals surface area (Å²) in [5.74, 6) is 0.997. The van der Waals surface area contributed by atoms with E-state index in [4.69, 9.17) is 4.74 Å². The van der Waals surface area contributed by atoms with E-state index in [2.05, 4.69) is 26.2 Å². The maximum Gasteiger partial charge on any atom is 0.225 e. The van der Waals surface area contributed by atoms with Crippen molar-refractivity contribution < 1.29 is 13.9 Å². The molecule has 1 fully saturated rings. The van der Waals surface area contributed by atoms with Gasteiger partial charge in [-0.2, -0.15) is 4.98 Å². The number of benzene rings is 2. The second-order valence-electron chi connectivity index (χ2n) is 8.38. The number of anilines is 2. The molecule has 1 saturated heterocycles. The molecule has 0 atom stereocenters. The number of hydrogen-bond donors (Lipinski definition) is 1. The van der Waals surface area contributed by atoms with Crippen molar-refractivity contribution in [2.24, 2.45) is 0 Å². The maximum atomic E-state index is 13.8. The minimum absolute atomic E-state index is 0.00919. The molecule has 3 heterocycles. The summed E-state index contributed by atoms with van der Waals surface area (Å²) in [6.45, 7) is 5.32. The lowest BCUT2D eigenvalue weighted by Crippen LogP contribution is -2.46. The second-order valence-corrected chi connectivity index (χ2v) is 8.38. The van der Waals surface area contributed by atoms with Crippen molar-refractivity contribution in [2.45, 2.75) is 19.3 Å². The molecule has 2 aliphatic rings. The van der Waals surface area contributed by atoms with Crippen LogP contribution < -0.4 is 15.0 Å². The van der Waals surface area contributed by atoms with Crippen LogP contribution in [-0.2, 0) is 11.2 Å². The van der Waals surface area contributed by atoms with Gasteiger partial charge in [0.2, 0.25) is 11.8 Å². The molecule has 0 radical (unpaired) electrons. The molecule has 2 aliphatic heterocycles. The van der Waals surface area contributed by atoms with E-state index < -0.39 is 0 Å². The van der Waals surface area contributed by atoms with E-state index in [9.17, 15) is 9.18 Å². The Kier molecular flexibility index (Phi) is 5.90. The Morgan fingerprint density at radius 2 is 1.91 bits per heavy atom. The molecule has 0 unspecified atom stereocenters. The average Bonchev–Trinajstić information content (AvgIpc) is 2.81. The average molecular weight is 435 g/mol. The van der Waals surface area contributed by atoms with Crippen LogP contribution in [-0.4, -0.2) is 55.1 Å². The number of fused-ring (bicyclic) bond motifs is 2. The van der Waals surface area contributed by atoms with E-state index in [0.29, 0.717) is 24.7 Å². The second kappa shape index (κ2) is 9.12. The van der Waals surface area contributed by atoms with Crippen molar-refractivity contribution >= 4 is 28.2 Å². The fraction of sp³-hybridized carbons (Fsp3) is 0.360. The molecule has 1 N–H and O–H groups in total. The third-order valence-electron chi connectivity index (χ3n) is 6.24. The molecule has 166 valence electrons. The van der Waals surface area contributed by atoms with Gasteiger partial charge in [0.1, 0.15) is 11.6 Å². The largest absolute Gasteiger partial charge is 0.478 e. The highest BCUT2D eigenvalue weighted by Gasteiger charge is 2.19. The normalized spacial score (nSPS) is 16.7. The van der Waals surface area contributed by atoms with Gasteiger partial charge in [0.25, 0.3) is 0 Å². The van der Waals surface area contributed by atoms with Crippen molar-refractivity contribution in [1.82, 2.24) is 9.88 Å². The van der Waals surface area contributed by atoms with Crippen LogP contribution in [0.25, 0.3) is 10.8 Å². The first kappa shape index (κ1) is 20.7. The number of carbonyl (C=O) groups is 1. The van der Waals surface area contributed by atoms with Crippen LogP contribution >= 0.6 is 0 Å². The van der Waals surface area contributed by atoms with Gasteiger partial charge in [-0.25, -0.2) is 4.39 Å². The molecule has 3 aromatic rings. The highest BCUT2D eigenvalue weighted by atomic mass is 19.1. The third kappa shape index (κ3) is 4.53. The van der Waals surface area contributed by atoms with Gasteiger partial charge in [-0.3, -0.25) is 9.69 Å². The lowest BCUT2D eigenvalue weighted by Gasteiger charge is -2.36. The minimum Gasteiger partial charge on any atom is -0.478 e. The van der Waals surface area contributed by atoms with Crippen LogP contribution in [0.1, 0.15) is 18.4 Å². The van der Waals surface area contributed by atoms with Crippen LogP contribution in [0.2, 0.25) is 0 Å². The quantitative estimate of drug-likeness (QED) is 0.598. The van der Waals surface area contributed by atoms with Crippen molar-refractivity contribution in [1.29, 1.82) is 0 Å². The monoisotopic (exact) mass is 434 g/mol. The van der Waals surface area contributed by atoms with Gasteiger partial charge in [-0.15, -0.1) is 0 Å². The summed E-state index contributed by atoms with van der Waals surface area (Å²) in [6.07, 6.45) is 2.15. The van der Waals surface area contributed by atoms with E-state index in [1.807, 2.05) is 30.3 Å². The number of piperazine rings is 1. The molecule has 0 bridgehead atoms. The van der Waals surface area contributed by atoms with E-state index >= 15 is 0 Å². The van der Waals surface area contributed by atoms with Gasteiger partial charge in [0.05, 0.1) is 6.61 Å². The smallest absolute Gasteiger partial charge is 0.225 e. The molecule has 0 saturated carbocycles. The maximum absolute atomic E-state index is 13.8. The zero-order valence-corrected chi connectivity index (χ0v) is 18.0. The number of rotatable bonds is 6. The van der Waals surface area contributed by atoms with Gasteiger partial charge >= 0.3 is 0 Å². The Morgan fingerprint density at radius 3 is 2.78 bits per heavy atom. The van der Waals surface area contributed by atoms with Crippen molar-refractivity contribution in [2.75, 3.05) is 49.5 Å². The van der Waals surface area contributed by atoms with Crippen molar-refractivity contribution in [3.63, 3.8) is 0 Å². The molecule has 0 aliphatic carbocycles. The van der Waals surface area contributed by atoms with Crippen molar-refractivity contribution in [3.05, 3.63) is 59.9 Å². The third-order valence-corrected chi connectivity index (χ3v) is 6.24. The first-order valence-corrected chi connectivity index (χ1v) is 11.2. The van der Waals surface area contributed by atoms with Gasteiger partial charge < -0.3 is 15.0 Å². The SMILES string of the molecule is O=C1CCc2ccc(OCCCN3CCN(c4cccc5ccc(F)cc45)CC3)nc2N1. The van der Waals surface area contributed by atoms with Crippen LogP contribution in [0.15, 0.2) is 48.5 Å². The number of carbonyl (C=O) groups excluding carboxylic acids is 1. The minimum atomic E-state index is -0.195. The topological polar surface area (TPSA) is 57.7 Å². The molecule has 1 aromatic heterocycles. The highest BCUT2D eigenvalue weighted by Crippen LogP contribution is 2.28. The van der Waals surface area contributed by atoms with Gasteiger partial charge in [-0.05, 0) is 48.1 Å². The Hall–Kier alpha value is -3.19. The first-order chi connectivity index (χ1) is 15.7. The molecule has 5 rings (SSSR count). The van der Waals surface area contributed by atoms with E-state index in [0.717, 1.165) is 67.6 Å². The zero-order chi connectivity index (χ0) is 21.9. The fourth-order valence-electron chi connectivity index (χ4n) is 4.48. The van der Waals surface area contributed by atoms with E-state index in [1.165, 1.54) is 6.07 Å². The number of halogens is 1. The summed E-state index contributed by atoms with van der Waals surface area (Å²) in [7, 11) is 0. The number of aromatic nitrogens is 1. The summed E-state index contributed by atoms with van der Waals surface area (Å²) in [6, 6.07) is 15.0. The zero-order valence-electron chi connectivity index (χ0n) is 18.0. The number of nitrogens with zero attached hydrogens (tertiary/aromatic N) is 3. The standard InChI is InChI=1S/C25H27FN4O2/c26-20-8-5-18-3-1-4-22(21(18)17-20)30-14-12-29(13-15-30)11-2-16-32-24-10-7-19-6-9-23(31)27-25(19)28-24/h1,3-5,7-8,10,17H,2,6,9,11-16H2,(H,27,28,31). The van der Waals surface area contributed by atoms with Crippen LogP contribution in [0, 0.1) is 5.82 Å². The Morgan fingerprint density at radius 1 is 1.03 bits per heavy atom. The summed E-state index contributed by atoms with van der Waals surface area (Å²) in [4.78, 5) is 20.8. The van der Waals surface area contributed by atoms with Crippen molar-refractivity contribution in [3.8, 4) is 5.88 Å². The first-order valence-electron chi connectivity index (χ1n) is 11.2. The van der Waals surface area contributed by atoms with Crippen LogP contribution in [0.4, 0.5) is 15.9 Å². The molecule has 6 nitrogen and oxygen atoms in total. The Bertz CT molecular complexity index is 1130. The number of nitrogens with one attached hydrogen (secondary N) is 1. The number of amides is 1. The van der Waals surface area contributed by atoms with Gasteiger partial charge in [0, 0.05) is 56.3 Å². The van der Waals surface area contributed by atoms with Gasteiger partial charge in [-0.1, -0.05) is 18.2 Å². The Labute approximate surface area is 187 Å². The summed E-state index contributed by atoms with van der Waals surface area (Å²) in [5, 5.41) is 4.85. The number of pyridine rings is 1. The number of aryl methyl sites for hydroxylation is 1. The van der Waals surface area contributed by atoms with E-state index in [1.54, 1.807) is 6.07 Å². The molecular weight excluding hydrogens is 407 g/mol. The Balaban J connectivity index is 1.10. The molecular formula is C25H27FN4O2. The number of ether oxygens (including phenoxy) is 1. The summed E-state index contributed by atoms with van der Waals surface area (Å²) >= 11 is 0. The van der Waals surface area contributed by atoms with Crippen LogP contribution in [0.5, 0.6) is 5.88 Å². The predicted molar refractivity (Wildman–Crippen MR) is 124 cm³/mol. The van der Waals surface area contributed by atoms with Gasteiger partial charge in [0.15, 0.2) is 0 Å². The molecule has 7 heteroatoms. The lowest BCUT2D eigenvalue weighted by molar-refractivity contribution is -0.116. The number of hydrogen-bond acceptors (Lipinski definition) is 5. The lowest BCUT2D eigenvalue weighted by atomic mass is 10.1.